The molecule has 1 aliphatic carbocycles. The number of hydrogen-bond acceptors (Lipinski definition) is 4. The first-order valence-corrected chi connectivity index (χ1v) is 7.99. The Bertz CT molecular complexity index is 870. The minimum atomic E-state index is -0.732. The van der Waals surface area contributed by atoms with Crippen LogP contribution in [0.1, 0.15) is 47.9 Å². The summed E-state index contributed by atoms with van der Waals surface area (Å²) in [6, 6.07) is 7.56. The molecule has 124 valence electrons. The van der Waals surface area contributed by atoms with Crippen molar-refractivity contribution >= 4 is 17.4 Å². The lowest BCUT2D eigenvalue weighted by molar-refractivity contribution is -0.119. The van der Waals surface area contributed by atoms with Gasteiger partial charge in [0.2, 0.25) is 5.91 Å². The molecular formula is C18H19N3O3. The fourth-order valence-corrected chi connectivity index (χ4v) is 2.87. The Morgan fingerprint density at radius 1 is 1.25 bits per heavy atom. The number of carbonyl (C=O) groups excluding carboxylic acids is 2. The summed E-state index contributed by atoms with van der Waals surface area (Å²) < 4.78 is 1.23. The van der Waals surface area contributed by atoms with Crippen LogP contribution in [0.25, 0.3) is 0 Å². The molecule has 0 aliphatic heterocycles. The standard InChI is InChI=1S/C18H19N3O3/c1-11(21-17(23)10-14-6-4-8-16(14)20-21)18(24)19-15-7-3-5-13(9-15)12(2)22/h3,5,7,9-11H,4,6,8H2,1-2H3,(H,19,24). The zero-order valence-corrected chi connectivity index (χ0v) is 13.7. The van der Waals surface area contributed by atoms with Crippen LogP contribution in [-0.4, -0.2) is 21.5 Å². The van der Waals surface area contributed by atoms with Crippen LogP contribution < -0.4 is 10.9 Å². The molecule has 1 aromatic heterocycles. The van der Waals surface area contributed by atoms with Crippen molar-refractivity contribution in [1.29, 1.82) is 0 Å². The van der Waals surface area contributed by atoms with Gasteiger partial charge in [0, 0.05) is 17.3 Å². The van der Waals surface area contributed by atoms with Crippen LogP contribution in [0, 0.1) is 0 Å². The van der Waals surface area contributed by atoms with Gasteiger partial charge in [0.15, 0.2) is 5.78 Å². The lowest BCUT2D eigenvalue weighted by Gasteiger charge is -2.15. The number of Topliss-reactive ketones (excluding diaryl/α,β-unsaturated/α-hetero) is 1. The Hall–Kier alpha value is -2.76. The molecule has 0 saturated carbocycles. The van der Waals surface area contributed by atoms with Crippen LogP contribution >= 0.6 is 0 Å². The summed E-state index contributed by atoms with van der Waals surface area (Å²) in [4.78, 5) is 36.1. The largest absolute Gasteiger partial charge is 0.324 e. The summed E-state index contributed by atoms with van der Waals surface area (Å²) in [5.74, 6) is -0.418. The van der Waals surface area contributed by atoms with Crippen molar-refractivity contribution in [2.45, 2.75) is 39.2 Å². The van der Waals surface area contributed by atoms with E-state index in [1.165, 1.54) is 11.6 Å². The highest BCUT2D eigenvalue weighted by Gasteiger charge is 2.21. The molecule has 0 bridgehead atoms. The Morgan fingerprint density at radius 3 is 2.79 bits per heavy atom. The maximum atomic E-state index is 12.5. The topological polar surface area (TPSA) is 81.1 Å². The summed E-state index contributed by atoms with van der Waals surface area (Å²) in [5.41, 5.74) is 2.66. The normalized spacial score (nSPS) is 14.1. The monoisotopic (exact) mass is 325 g/mol. The predicted octanol–water partition coefficient (Wildman–Crippen LogP) is 2.13. The molecule has 1 N–H and O–H groups in total. The van der Waals surface area contributed by atoms with Gasteiger partial charge < -0.3 is 5.32 Å². The molecule has 1 heterocycles. The second kappa shape index (κ2) is 6.39. The molecule has 0 saturated heterocycles. The van der Waals surface area contributed by atoms with Gasteiger partial charge in [0.1, 0.15) is 6.04 Å². The van der Waals surface area contributed by atoms with Crippen LogP contribution in [0.3, 0.4) is 0 Å². The molecule has 6 heteroatoms. The summed E-state index contributed by atoms with van der Waals surface area (Å²) in [6.07, 6.45) is 2.70. The number of carbonyl (C=O) groups is 2. The van der Waals surface area contributed by atoms with Crippen molar-refractivity contribution in [2.24, 2.45) is 0 Å². The van der Waals surface area contributed by atoms with E-state index in [1.54, 1.807) is 37.3 Å². The van der Waals surface area contributed by atoms with Gasteiger partial charge >= 0.3 is 0 Å². The highest BCUT2D eigenvalue weighted by molar-refractivity contribution is 5.97. The molecule has 6 nitrogen and oxygen atoms in total. The van der Waals surface area contributed by atoms with E-state index in [2.05, 4.69) is 10.4 Å². The highest BCUT2D eigenvalue weighted by Crippen LogP contribution is 2.18. The van der Waals surface area contributed by atoms with Crippen LogP contribution in [0.15, 0.2) is 35.1 Å². The Labute approximate surface area is 139 Å². The van der Waals surface area contributed by atoms with Gasteiger partial charge in [0.25, 0.3) is 5.56 Å². The molecule has 1 atom stereocenters. The van der Waals surface area contributed by atoms with E-state index >= 15 is 0 Å². The second-order valence-electron chi connectivity index (χ2n) is 6.05. The van der Waals surface area contributed by atoms with Crippen LogP contribution in [0.2, 0.25) is 0 Å². The van der Waals surface area contributed by atoms with E-state index in [0.717, 1.165) is 30.5 Å². The molecule has 1 unspecified atom stereocenters. The number of fused-ring (bicyclic) bond motifs is 1. The van der Waals surface area contributed by atoms with Crippen molar-refractivity contribution in [3.63, 3.8) is 0 Å². The maximum absolute atomic E-state index is 12.5. The maximum Gasteiger partial charge on any atom is 0.267 e. The first-order valence-electron chi connectivity index (χ1n) is 7.99. The third-order valence-corrected chi connectivity index (χ3v) is 4.27. The van der Waals surface area contributed by atoms with Crippen LogP contribution in [0.4, 0.5) is 5.69 Å². The van der Waals surface area contributed by atoms with Crippen molar-refractivity contribution < 1.29 is 9.59 Å². The zero-order valence-electron chi connectivity index (χ0n) is 13.7. The highest BCUT2D eigenvalue weighted by atomic mass is 16.2. The molecule has 1 aliphatic rings. The lowest BCUT2D eigenvalue weighted by atomic mass is 10.1. The van der Waals surface area contributed by atoms with Gasteiger partial charge in [-0.05, 0) is 50.8 Å². The second-order valence-corrected chi connectivity index (χ2v) is 6.05. The summed E-state index contributed by atoms with van der Waals surface area (Å²) in [6.45, 7) is 3.11. The third-order valence-electron chi connectivity index (χ3n) is 4.27. The predicted molar refractivity (Wildman–Crippen MR) is 90.3 cm³/mol. The molecule has 1 aromatic carbocycles. The van der Waals surface area contributed by atoms with Crippen molar-refractivity contribution in [1.82, 2.24) is 9.78 Å². The Kier molecular flexibility index (Phi) is 4.29. The molecule has 0 spiro atoms. The number of aryl methyl sites for hydroxylation is 2. The number of rotatable bonds is 4. The molecular weight excluding hydrogens is 306 g/mol. The molecule has 24 heavy (non-hydrogen) atoms. The number of nitrogens with one attached hydrogen (secondary N) is 1. The number of aromatic nitrogens is 2. The minimum absolute atomic E-state index is 0.0735. The smallest absolute Gasteiger partial charge is 0.267 e. The van der Waals surface area contributed by atoms with Gasteiger partial charge in [-0.1, -0.05) is 12.1 Å². The van der Waals surface area contributed by atoms with Crippen molar-refractivity contribution in [3.05, 3.63) is 57.5 Å². The molecule has 3 rings (SSSR count). The fraction of sp³-hybridized carbons (Fsp3) is 0.333. The van der Waals surface area contributed by atoms with Crippen LogP contribution in [-0.2, 0) is 17.6 Å². The first-order chi connectivity index (χ1) is 11.5. The van der Waals surface area contributed by atoms with Gasteiger partial charge in [-0.15, -0.1) is 0 Å². The number of anilines is 1. The van der Waals surface area contributed by atoms with Crippen molar-refractivity contribution in [3.8, 4) is 0 Å². The number of nitrogens with zero attached hydrogens (tertiary/aromatic N) is 2. The van der Waals surface area contributed by atoms with E-state index < -0.39 is 6.04 Å². The average molecular weight is 325 g/mol. The Balaban J connectivity index is 1.82. The summed E-state index contributed by atoms with van der Waals surface area (Å²) >= 11 is 0. The van der Waals surface area contributed by atoms with E-state index in [0.29, 0.717) is 11.3 Å². The van der Waals surface area contributed by atoms with Crippen molar-refractivity contribution in [2.75, 3.05) is 5.32 Å². The molecule has 2 aromatic rings. The summed E-state index contributed by atoms with van der Waals surface area (Å²) in [7, 11) is 0. The van der Waals surface area contributed by atoms with E-state index in [4.69, 9.17) is 0 Å². The molecule has 0 radical (unpaired) electrons. The Morgan fingerprint density at radius 2 is 2.04 bits per heavy atom. The van der Waals surface area contributed by atoms with Crippen LogP contribution in [0.5, 0.6) is 0 Å². The minimum Gasteiger partial charge on any atom is -0.324 e. The zero-order chi connectivity index (χ0) is 17.3. The SMILES string of the molecule is CC(=O)c1cccc(NC(=O)C(C)n2nc3c(cc2=O)CCC3)c1. The van der Waals surface area contributed by atoms with E-state index in [-0.39, 0.29) is 17.2 Å². The van der Waals surface area contributed by atoms with Gasteiger partial charge in [-0.3, -0.25) is 14.4 Å². The van der Waals surface area contributed by atoms with Gasteiger partial charge in [-0.2, -0.15) is 5.10 Å². The van der Waals surface area contributed by atoms with Gasteiger partial charge in [-0.25, -0.2) is 4.68 Å². The number of hydrogen-bond donors (Lipinski definition) is 1. The fourth-order valence-electron chi connectivity index (χ4n) is 2.87. The number of ketones is 1. The lowest BCUT2D eigenvalue weighted by Crippen LogP contribution is -2.34. The van der Waals surface area contributed by atoms with E-state index in [9.17, 15) is 14.4 Å². The molecule has 0 fully saturated rings. The number of amides is 1. The van der Waals surface area contributed by atoms with Gasteiger partial charge in [0.05, 0.1) is 5.69 Å². The quantitative estimate of drug-likeness (QED) is 0.873. The summed E-state index contributed by atoms with van der Waals surface area (Å²) in [5, 5.41) is 7.09. The first kappa shape index (κ1) is 16.1. The molecule has 1 amide bonds. The third kappa shape index (κ3) is 3.13. The average Bonchev–Trinajstić information content (AvgIpc) is 3.00. The number of benzene rings is 1. The van der Waals surface area contributed by atoms with E-state index in [1.807, 2.05) is 0 Å².